The van der Waals surface area contributed by atoms with Crippen molar-refractivity contribution < 1.29 is 9.00 Å². The van der Waals surface area contributed by atoms with Crippen molar-refractivity contribution in [1.82, 2.24) is 0 Å². The van der Waals surface area contributed by atoms with Gasteiger partial charge in [0.25, 0.3) is 0 Å². The fourth-order valence-corrected chi connectivity index (χ4v) is 4.18. The SMILES string of the molecule is O=C(CS(=O)C1CCCC1)c1ccccc1Br. The highest BCUT2D eigenvalue weighted by atomic mass is 79.9. The first-order chi connectivity index (χ1) is 8.18. The van der Waals surface area contributed by atoms with Crippen molar-refractivity contribution in [3.05, 3.63) is 34.3 Å². The van der Waals surface area contributed by atoms with Crippen LogP contribution >= 0.6 is 15.9 Å². The van der Waals surface area contributed by atoms with Crippen molar-refractivity contribution in [3.63, 3.8) is 0 Å². The molecule has 0 spiro atoms. The summed E-state index contributed by atoms with van der Waals surface area (Å²) < 4.78 is 12.8. The Hall–Kier alpha value is -0.480. The number of rotatable bonds is 4. The summed E-state index contributed by atoms with van der Waals surface area (Å²) in [5, 5.41) is 0.237. The molecule has 0 N–H and O–H groups in total. The van der Waals surface area contributed by atoms with E-state index < -0.39 is 10.8 Å². The van der Waals surface area contributed by atoms with E-state index in [4.69, 9.17) is 0 Å². The van der Waals surface area contributed by atoms with Gasteiger partial charge in [-0.05, 0) is 18.9 Å². The second kappa shape index (κ2) is 5.91. The molecule has 0 saturated heterocycles. The van der Waals surface area contributed by atoms with Crippen LogP contribution in [0.4, 0.5) is 0 Å². The Balaban J connectivity index is 2.02. The number of benzene rings is 1. The zero-order valence-corrected chi connectivity index (χ0v) is 11.9. The van der Waals surface area contributed by atoms with E-state index in [2.05, 4.69) is 15.9 Å². The molecule has 0 bridgehead atoms. The minimum atomic E-state index is -1.00. The van der Waals surface area contributed by atoms with E-state index in [1.165, 1.54) is 0 Å². The normalized spacial score (nSPS) is 18.2. The Labute approximate surface area is 112 Å². The molecule has 1 atom stereocenters. The molecule has 2 nitrogen and oxygen atoms in total. The van der Waals surface area contributed by atoms with Crippen LogP contribution < -0.4 is 0 Å². The lowest BCUT2D eigenvalue weighted by Gasteiger charge is -2.09. The summed E-state index contributed by atoms with van der Waals surface area (Å²) in [7, 11) is -1.00. The minimum absolute atomic E-state index is 0.0253. The van der Waals surface area contributed by atoms with Gasteiger partial charge in [-0.25, -0.2) is 0 Å². The maximum absolute atomic E-state index is 12.0. The lowest BCUT2D eigenvalue weighted by atomic mass is 10.1. The van der Waals surface area contributed by atoms with Crippen LogP contribution in [-0.2, 0) is 10.8 Å². The molecule has 0 amide bonds. The summed E-state index contributed by atoms with van der Waals surface area (Å²) in [6.07, 6.45) is 4.32. The van der Waals surface area contributed by atoms with Gasteiger partial charge in [-0.1, -0.05) is 47.0 Å². The van der Waals surface area contributed by atoms with Gasteiger partial charge in [0.05, 0.1) is 5.75 Å². The molecular formula is C13H15BrO2S. The van der Waals surface area contributed by atoms with Crippen molar-refractivity contribution in [2.24, 2.45) is 0 Å². The van der Waals surface area contributed by atoms with Gasteiger partial charge in [-0.15, -0.1) is 0 Å². The molecule has 4 heteroatoms. The summed E-state index contributed by atoms with van der Waals surface area (Å²) in [5.41, 5.74) is 0.638. The van der Waals surface area contributed by atoms with E-state index in [1.807, 2.05) is 18.2 Å². The summed E-state index contributed by atoms with van der Waals surface area (Å²) in [5.74, 6) is 0.135. The van der Waals surface area contributed by atoms with E-state index in [1.54, 1.807) is 6.07 Å². The van der Waals surface area contributed by atoms with Crippen LogP contribution in [0.2, 0.25) is 0 Å². The number of hydrogen-bond donors (Lipinski definition) is 0. The minimum Gasteiger partial charge on any atom is -0.293 e. The van der Waals surface area contributed by atoms with Crippen molar-refractivity contribution in [3.8, 4) is 0 Å². The first-order valence-corrected chi connectivity index (χ1v) is 8.01. The van der Waals surface area contributed by atoms with Gasteiger partial charge in [0.1, 0.15) is 0 Å². The van der Waals surface area contributed by atoms with Gasteiger partial charge in [-0.2, -0.15) is 0 Å². The Morgan fingerprint density at radius 1 is 1.29 bits per heavy atom. The fourth-order valence-electron chi connectivity index (χ4n) is 2.16. The molecular weight excluding hydrogens is 300 g/mol. The smallest absolute Gasteiger partial charge is 0.176 e. The molecule has 1 aliphatic rings. The number of Topliss-reactive ketones (excluding diaryl/α,β-unsaturated/α-hetero) is 1. The molecule has 0 aromatic heterocycles. The van der Waals surface area contributed by atoms with Crippen LogP contribution in [-0.4, -0.2) is 21.0 Å². The third-order valence-corrected chi connectivity index (χ3v) is 5.57. The van der Waals surface area contributed by atoms with Crippen molar-refractivity contribution >= 4 is 32.5 Å². The van der Waals surface area contributed by atoms with Gasteiger partial charge in [0.2, 0.25) is 0 Å². The van der Waals surface area contributed by atoms with Crippen LogP contribution in [0.5, 0.6) is 0 Å². The third-order valence-electron chi connectivity index (χ3n) is 3.12. The third kappa shape index (κ3) is 3.26. The van der Waals surface area contributed by atoms with E-state index in [0.29, 0.717) is 5.56 Å². The average Bonchev–Trinajstić information content (AvgIpc) is 2.82. The van der Waals surface area contributed by atoms with E-state index >= 15 is 0 Å². The van der Waals surface area contributed by atoms with E-state index in [-0.39, 0.29) is 16.8 Å². The number of halogens is 1. The summed E-state index contributed by atoms with van der Waals surface area (Å²) in [4.78, 5) is 12.0. The number of carbonyl (C=O) groups is 1. The van der Waals surface area contributed by atoms with E-state index in [9.17, 15) is 9.00 Å². The van der Waals surface area contributed by atoms with E-state index in [0.717, 1.165) is 30.2 Å². The van der Waals surface area contributed by atoms with Crippen LogP contribution in [0.25, 0.3) is 0 Å². The number of ketones is 1. The molecule has 0 radical (unpaired) electrons. The molecule has 1 saturated carbocycles. The van der Waals surface area contributed by atoms with Crippen molar-refractivity contribution in [2.45, 2.75) is 30.9 Å². The standard InChI is InChI=1S/C13H15BrO2S/c14-12-8-4-3-7-11(12)13(15)9-17(16)10-5-1-2-6-10/h3-4,7-8,10H,1-2,5-6,9H2. The monoisotopic (exact) mass is 314 g/mol. The van der Waals surface area contributed by atoms with Gasteiger partial charge in [0.15, 0.2) is 5.78 Å². The molecule has 1 aromatic rings. The summed E-state index contributed by atoms with van der Waals surface area (Å²) in [6, 6.07) is 7.31. The van der Waals surface area contributed by atoms with Crippen molar-refractivity contribution in [2.75, 3.05) is 5.75 Å². The highest BCUT2D eigenvalue weighted by Crippen LogP contribution is 2.24. The molecule has 92 valence electrons. The molecule has 1 aliphatic carbocycles. The Morgan fingerprint density at radius 2 is 1.94 bits per heavy atom. The van der Waals surface area contributed by atoms with Crippen LogP contribution in [0, 0.1) is 0 Å². The molecule has 1 unspecified atom stereocenters. The predicted molar refractivity (Wildman–Crippen MR) is 73.7 cm³/mol. The maximum atomic E-state index is 12.0. The van der Waals surface area contributed by atoms with Gasteiger partial charge in [0, 0.05) is 26.1 Å². The molecule has 0 aliphatic heterocycles. The first-order valence-electron chi connectivity index (χ1n) is 5.83. The van der Waals surface area contributed by atoms with Gasteiger partial charge in [-0.3, -0.25) is 9.00 Å². The lowest BCUT2D eigenvalue weighted by Crippen LogP contribution is -2.20. The quantitative estimate of drug-likeness (QED) is 0.799. The Morgan fingerprint density at radius 3 is 2.59 bits per heavy atom. The highest BCUT2D eigenvalue weighted by molar-refractivity contribution is 9.10. The zero-order chi connectivity index (χ0) is 12.3. The second-order valence-electron chi connectivity index (χ2n) is 4.33. The van der Waals surface area contributed by atoms with Gasteiger partial charge >= 0.3 is 0 Å². The van der Waals surface area contributed by atoms with Crippen LogP contribution in [0.15, 0.2) is 28.7 Å². The number of hydrogen-bond acceptors (Lipinski definition) is 2. The maximum Gasteiger partial charge on any atom is 0.176 e. The lowest BCUT2D eigenvalue weighted by molar-refractivity contribution is 0.102. The van der Waals surface area contributed by atoms with Crippen LogP contribution in [0.3, 0.4) is 0 Å². The van der Waals surface area contributed by atoms with Gasteiger partial charge < -0.3 is 0 Å². The molecule has 2 rings (SSSR count). The Kier molecular flexibility index (Phi) is 4.51. The average molecular weight is 315 g/mol. The zero-order valence-electron chi connectivity index (χ0n) is 9.52. The summed E-state index contributed by atoms with van der Waals surface area (Å²) in [6.45, 7) is 0. The molecule has 1 aromatic carbocycles. The number of carbonyl (C=O) groups excluding carboxylic acids is 1. The summed E-state index contributed by atoms with van der Waals surface area (Å²) >= 11 is 3.35. The predicted octanol–water partition coefficient (Wildman–Crippen LogP) is 3.32. The topological polar surface area (TPSA) is 34.1 Å². The fraction of sp³-hybridized carbons (Fsp3) is 0.462. The molecule has 1 fully saturated rings. The molecule has 0 heterocycles. The second-order valence-corrected chi connectivity index (χ2v) is 6.91. The first kappa shape index (κ1) is 13.0. The Bertz CT molecular complexity index is 439. The van der Waals surface area contributed by atoms with Crippen molar-refractivity contribution in [1.29, 1.82) is 0 Å². The molecule has 17 heavy (non-hydrogen) atoms. The largest absolute Gasteiger partial charge is 0.293 e. The highest BCUT2D eigenvalue weighted by Gasteiger charge is 2.24. The van der Waals surface area contributed by atoms with Crippen LogP contribution in [0.1, 0.15) is 36.0 Å².